The zero-order valence-electron chi connectivity index (χ0n) is 11.8. The molecule has 100 valence electrons. The van der Waals surface area contributed by atoms with Crippen LogP contribution in [0.3, 0.4) is 0 Å². The molecule has 19 heavy (non-hydrogen) atoms. The Bertz CT molecular complexity index is 547. The van der Waals surface area contributed by atoms with E-state index in [-0.39, 0.29) is 0 Å². The van der Waals surface area contributed by atoms with Crippen molar-refractivity contribution in [1.82, 2.24) is 0 Å². The van der Waals surface area contributed by atoms with E-state index in [9.17, 15) is 0 Å². The highest BCUT2D eigenvalue weighted by molar-refractivity contribution is 5.74. The van der Waals surface area contributed by atoms with Crippen molar-refractivity contribution < 1.29 is 9.47 Å². The summed E-state index contributed by atoms with van der Waals surface area (Å²) in [6.45, 7) is 7.44. The maximum Gasteiger partial charge on any atom is 0.127 e. The Morgan fingerprint density at radius 2 is 1.58 bits per heavy atom. The topological polar surface area (TPSA) is 18.5 Å². The summed E-state index contributed by atoms with van der Waals surface area (Å²) in [7, 11) is 0. The molecular weight excluding hydrogens is 236 g/mol. The minimum atomic E-state index is 0.668. The van der Waals surface area contributed by atoms with Crippen molar-refractivity contribution in [2.75, 3.05) is 13.2 Å². The van der Waals surface area contributed by atoms with Crippen molar-refractivity contribution >= 4 is 0 Å². The summed E-state index contributed by atoms with van der Waals surface area (Å²) in [5.74, 6) is 1.82. The summed E-state index contributed by atoms with van der Waals surface area (Å²) in [6, 6.07) is 14.3. The molecule has 0 radical (unpaired) electrons. The first-order chi connectivity index (χ1) is 9.26. The normalized spacial score (nSPS) is 10.3. The van der Waals surface area contributed by atoms with Gasteiger partial charge < -0.3 is 9.47 Å². The van der Waals surface area contributed by atoms with Crippen LogP contribution in [0.2, 0.25) is 0 Å². The molecule has 2 heteroatoms. The van der Waals surface area contributed by atoms with Gasteiger partial charge in [0.1, 0.15) is 11.5 Å². The van der Waals surface area contributed by atoms with E-state index in [1.807, 2.05) is 38.1 Å². The first-order valence-electron chi connectivity index (χ1n) is 6.72. The van der Waals surface area contributed by atoms with Gasteiger partial charge in [0, 0.05) is 5.56 Å². The van der Waals surface area contributed by atoms with E-state index in [1.165, 1.54) is 5.56 Å². The van der Waals surface area contributed by atoms with Gasteiger partial charge in [-0.25, -0.2) is 0 Å². The molecule has 0 amide bonds. The second kappa shape index (κ2) is 6.28. The van der Waals surface area contributed by atoms with Crippen LogP contribution in [0.1, 0.15) is 19.4 Å². The fourth-order valence-electron chi connectivity index (χ4n) is 2.12. The molecule has 0 aliphatic heterocycles. The van der Waals surface area contributed by atoms with Crippen molar-refractivity contribution in [3.63, 3.8) is 0 Å². The van der Waals surface area contributed by atoms with Crippen LogP contribution in [0.15, 0.2) is 42.5 Å². The molecular formula is C17H20O2. The second-order valence-electron chi connectivity index (χ2n) is 4.34. The van der Waals surface area contributed by atoms with E-state index in [4.69, 9.17) is 9.47 Å². The first kappa shape index (κ1) is 13.5. The number of hydrogen-bond acceptors (Lipinski definition) is 2. The quantitative estimate of drug-likeness (QED) is 0.786. The summed E-state index contributed by atoms with van der Waals surface area (Å²) >= 11 is 0. The second-order valence-corrected chi connectivity index (χ2v) is 4.34. The molecule has 0 N–H and O–H groups in total. The van der Waals surface area contributed by atoms with Gasteiger partial charge in [0.2, 0.25) is 0 Å². The van der Waals surface area contributed by atoms with Crippen LogP contribution < -0.4 is 9.47 Å². The lowest BCUT2D eigenvalue weighted by Crippen LogP contribution is -1.96. The van der Waals surface area contributed by atoms with Gasteiger partial charge in [-0.05, 0) is 50.1 Å². The molecule has 0 saturated carbocycles. The molecule has 0 fully saturated rings. The lowest BCUT2D eigenvalue weighted by Gasteiger charge is -2.13. The predicted octanol–water partition coefficient (Wildman–Crippen LogP) is 4.46. The summed E-state index contributed by atoms with van der Waals surface area (Å²) < 4.78 is 11.3. The van der Waals surface area contributed by atoms with Gasteiger partial charge in [0.05, 0.1) is 13.2 Å². The number of ether oxygens (including phenoxy) is 2. The van der Waals surface area contributed by atoms with Crippen LogP contribution in [0.25, 0.3) is 11.1 Å². The molecule has 0 atom stereocenters. The maximum absolute atomic E-state index is 5.71. The third-order valence-electron chi connectivity index (χ3n) is 3.00. The van der Waals surface area contributed by atoms with E-state index in [2.05, 4.69) is 25.1 Å². The van der Waals surface area contributed by atoms with E-state index in [0.717, 1.165) is 22.6 Å². The van der Waals surface area contributed by atoms with Gasteiger partial charge in [0.15, 0.2) is 0 Å². The summed E-state index contributed by atoms with van der Waals surface area (Å²) in [4.78, 5) is 0. The zero-order chi connectivity index (χ0) is 13.7. The molecule has 0 saturated heterocycles. The molecule has 0 aliphatic rings. The van der Waals surface area contributed by atoms with Crippen LogP contribution in [-0.2, 0) is 0 Å². The Hall–Kier alpha value is -1.96. The molecule has 0 aliphatic carbocycles. The summed E-state index contributed by atoms with van der Waals surface area (Å²) in [5, 5.41) is 0. The van der Waals surface area contributed by atoms with Crippen molar-refractivity contribution in [1.29, 1.82) is 0 Å². The highest BCUT2D eigenvalue weighted by Crippen LogP contribution is 2.34. The third-order valence-corrected chi connectivity index (χ3v) is 3.00. The van der Waals surface area contributed by atoms with Crippen molar-refractivity contribution in [2.45, 2.75) is 20.8 Å². The molecule has 2 nitrogen and oxygen atoms in total. The highest BCUT2D eigenvalue weighted by atomic mass is 16.5. The minimum absolute atomic E-state index is 0.668. The maximum atomic E-state index is 5.71. The molecule has 0 aromatic heterocycles. The van der Waals surface area contributed by atoms with Crippen LogP contribution >= 0.6 is 0 Å². The molecule has 2 aromatic rings. The number of hydrogen-bond donors (Lipinski definition) is 0. The molecule has 0 spiro atoms. The lowest BCUT2D eigenvalue weighted by molar-refractivity contribution is 0.339. The van der Waals surface area contributed by atoms with Gasteiger partial charge >= 0.3 is 0 Å². The van der Waals surface area contributed by atoms with E-state index < -0.39 is 0 Å². The van der Waals surface area contributed by atoms with Crippen LogP contribution in [-0.4, -0.2) is 13.2 Å². The monoisotopic (exact) mass is 256 g/mol. The van der Waals surface area contributed by atoms with Crippen LogP contribution in [0.4, 0.5) is 0 Å². The van der Waals surface area contributed by atoms with Crippen molar-refractivity contribution in [2.24, 2.45) is 0 Å². The van der Waals surface area contributed by atoms with Crippen molar-refractivity contribution in [3.8, 4) is 22.6 Å². The Kier molecular flexibility index (Phi) is 4.45. The first-order valence-corrected chi connectivity index (χ1v) is 6.72. The van der Waals surface area contributed by atoms with Gasteiger partial charge in [-0.3, -0.25) is 0 Å². The Morgan fingerprint density at radius 3 is 2.32 bits per heavy atom. The molecule has 0 unspecified atom stereocenters. The smallest absolute Gasteiger partial charge is 0.127 e. The van der Waals surface area contributed by atoms with Gasteiger partial charge in [-0.2, -0.15) is 0 Å². The molecule has 2 aromatic carbocycles. The average Bonchev–Trinajstić information content (AvgIpc) is 2.42. The Balaban J connectivity index is 2.48. The number of rotatable bonds is 5. The number of para-hydroxylation sites is 1. The van der Waals surface area contributed by atoms with Crippen LogP contribution in [0, 0.1) is 6.92 Å². The standard InChI is InChI=1S/C17H20O2/c1-4-18-14-11-10-13(3)16(12-14)15-8-6-7-9-17(15)19-5-2/h6-12H,4-5H2,1-3H3. The fourth-order valence-corrected chi connectivity index (χ4v) is 2.12. The minimum Gasteiger partial charge on any atom is -0.494 e. The Labute approximate surface area is 115 Å². The number of aryl methyl sites for hydroxylation is 1. The van der Waals surface area contributed by atoms with Gasteiger partial charge in [-0.15, -0.1) is 0 Å². The van der Waals surface area contributed by atoms with E-state index >= 15 is 0 Å². The average molecular weight is 256 g/mol. The summed E-state index contributed by atoms with van der Waals surface area (Å²) in [6.07, 6.45) is 0. The molecule has 0 bridgehead atoms. The number of benzene rings is 2. The van der Waals surface area contributed by atoms with Gasteiger partial charge in [-0.1, -0.05) is 24.3 Å². The zero-order valence-corrected chi connectivity index (χ0v) is 11.8. The lowest BCUT2D eigenvalue weighted by atomic mass is 9.99. The highest BCUT2D eigenvalue weighted by Gasteiger charge is 2.09. The predicted molar refractivity (Wildman–Crippen MR) is 79.0 cm³/mol. The van der Waals surface area contributed by atoms with Crippen molar-refractivity contribution in [3.05, 3.63) is 48.0 Å². The third kappa shape index (κ3) is 3.08. The fraction of sp³-hybridized carbons (Fsp3) is 0.294. The Morgan fingerprint density at radius 1 is 0.842 bits per heavy atom. The summed E-state index contributed by atoms with van der Waals surface area (Å²) in [5.41, 5.74) is 3.49. The van der Waals surface area contributed by atoms with Crippen LogP contribution in [0.5, 0.6) is 11.5 Å². The molecule has 0 heterocycles. The van der Waals surface area contributed by atoms with Gasteiger partial charge in [0.25, 0.3) is 0 Å². The van der Waals surface area contributed by atoms with E-state index in [1.54, 1.807) is 0 Å². The molecule has 2 rings (SSSR count). The largest absolute Gasteiger partial charge is 0.494 e. The van der Waals surface area contributed by atoms with E-state index in [0.29, 0.717) is 13.2 Å². The SMILES string of the molecule is CCOc1ccc(C)c(-c2ccccc2OCC)c1.